The maximum atomic E-state index is 13.1. The van der Waals surface area contributed by atoms with Crippen LogP contribution in [0.1, 0.15) is 101 Å². The topological polar surface area (TPSA) is 129 Å². The van der Waals surface area contributed by atoms with Gasteiger partial charge in [0.05, 0.1) is 24.7 Å². The second-order valence-electron chi connectivity index (χ2n) is 15.9. The Morgan fingerprint density at radius 3 is 2.21 bits per heavy atom. The number of fused-ring (bicyclic) bond motifs is 5. The lowest BCUT2D eigenvalue weighted by Crippen LogP contribution is -2.67. The summed E-state index contributed by atoms with van der Waals surface area (Å²) in [5.41, 5.74) is -2.18. The van der Waals surface area contributed by atoms with E-state index < -0.39 is 58.4 Å². The van der Waals surface area contributed by atoms with Crippen LogP contribution in [0, 0.1) is 39.9 Å². The number of allylic oxidation sites excluding steroid dienone is 1. The number of ether oxygens (including phenoxy) is 4. The van der Waals surface area contributed by atoms with Gasteiger partial charge in [-0.15, -0.1) is 0 Å². The lowest BCUT2D eigenvalue weighted by Gasteiger charge is -2.66. The number of carbonyl (C=O) groups excluding carboxylic acids is 3. The van der Waals surface area contributed by atoms with Gasteiger partial charge in [0.2, 0.25) is 0 Å². The minimum absolute atomic E-state index is 0.0144. The average molecular weight is 605 g/mol. The first-order valence-electron chi connectivity index (χ1n) is 16.1. The summed E-state index contributed by atoms with van der Waals surface area (Å²) in [6, 6.07) is 0. The normalized spacial score (nSPS) is 45.8. The van der Waals surface area contributed by atoms with E-state index in [2.05, 4.69) is 26.8 Å². The molecule has 2 N–H and O–H groups in total. The number of cyclic esters (lactones) is 1. The number of esters is 3. The van der Waals surface area contributed by atoms with Gasteiger partial charge in [-0.3, -0.25) is 14.4 Å². The van der Waals surface area contributed by atoms with Crippen LogP contribution in [0.3, 0.4) is 0 Å². The molecule has 5 rings (SSSR count). The lowest BCUT2D eigenvalue weighted by molar-refractivity contribution is -0.228. The molecule has 0 unspecified atom stereocenters. The standard InChI is InChI=1S/C34H52O9/c1-18(35)41-26-15-25-31(5,6)43-28(38)16-27(42-19(2)36)34(25,9)24-12-13-32(7)21(10-11-23(32)33(24,26)8)20-14-22(37)29(40-17-20)30(3,4)39/h11,20-22,24-27,29,37,39H,10,12-17H2,1-9H3/t20-,21+,22+,24+,25+,26-,27+,29+,32+,33+,34-/m0/s1. The summed E-state index contributed by atoms with van der Waals surface area (Å²) in [5, 5.41) is 21.6. The first kappa shape index (κ1) is 32.4. The van der Waals surface area contributed by atoms with E-state index in [1.165, 1.54) is 19.4 Å². The number of carbonyl (C=O) groups is 3. The average Bonchev–Trinajstić information content (AvgIpc) is 3.18. The van der Waals surface area contributed by atoms with Gasteiger partial charge in [0.25, 0.3) is 0 Å². The van der Waals surface area contributed by atoms with Crippen LogP contribution in [0.2, 0.25) is 0 Å². The van der Waals surface area contributed by atoms with Crippen LogP contribution in [0.15, 0.2) is 11.6 Å². The zero-order valence-electron chi connectivity index (χ0n) is 27.4. The van der Waals surface area contributed by atoms with Crippen molar-refractivity contribution < 1.29 is 43.5 Å². The van der Waals surface area contributed by atoms with Crippen molar-refractivity contribution in [3.05, 3.63) is 11.6 Å². The molecule has 9 nitrogen and oxygen atoms in total. The van der Waals surface area contributed by atoms with E-state index in [9.17, 15) is 24.6 Å². The number of aliphatic hydroxyl groups is 2. The van der Waals surface area contributed by atoms with Crippen LogP contribution >= 0.6 is 0 Å². The van der Waals surface area contributed by atoms with Gasteiger partial charge in [0.15, 0.2) is 0 Å². The smallest absolute Gasteiger partial charge is 0.310 e. The summed E-state index contributed by atoms with van der Waals surface area (Å²) < 4.78 is 24.3. The highest BCUT2D eigenvalue weighted by Crippen LogP contribution is 2.72. The van der Waals surface area contributed by atoms with Crippen LogP contribution in [0.25, 0.3) is 0 Å². The molecule has 2 heterocycles. The van der Waals surface area contributed by atoms with Gasteiger partial charge in [-0.2, -0.15) is 0 Å². The highest BCUT2D eigenvalue weighted by molar-refractivity contribution is 5.73. The fourth-order valence-electron chi connectivity index (χ4n) is 10.8. The molecular weight excluding hydrogens is 552 g/mol. The molecule has 2 saturated heterocycles. The van der Waals surface area contributed by atoms with Crippen molar-refractivity contribution in [2.24, 2.45) is 39.9 Å². The Morgan fingerprint density at radius 2 is 1.63 bits per heavy atom. The van der Waals surface area contributed by atoms with Gasteiger partial charge < -0.3 is 29.2 Å². The highest BCUT2D eigenvalue weighted by Gasteiger charge is 2.71. The molecule has 5 aliphatic rings. The molecule has 11 atom stereocenters. The van der Waals surface area contributed by atoms with Crippen molar-refractivity contribution in [1.29, 1.82) is 0 Å². The minimum Gasteiger partial charge on any atom is -0.462 e. The predicted octanol–water partition coefficient (Wildman–Crippen LogP) is 4.51. The Labute approximate surface area is 256 Å². The van der Waals surface area contributed by atoms with Gasteiger partial charge in [-0.25, -0.2) is 0 Å². The van der Waals surface area contributed by atoms with Crippen molar-refractivity contribution in [2.45, 2.75) is 136 Å². The molecule has 0 bridgehead atoms. The van der Waals surface area contributed by atoms with Crippen LogP contribution in [-0.4, -0.2) is 70.3 Å². The van der Waals surface area contributed by atoms with Gasteiger partial charge >= 0.3 is 17.9 Å². The maximum Gasteiger partial charge on any atom is 0.310 e. The van der Waals surface area contributed by atoms with Crippen molar-refractivity contribution in [2.75, 3.05) is 6.61 Å². The fraction of sp³-hybridized carbons (Fsp3) is 0.853. The molecule has 0 aromatic rings. The summed E-state index contributed by atoms with van der Waals surface area (Å²) in [7, 11) is 0. The third-order valence-corrected chi connectivity index (χ3v) is 12.4. The Kier molecular flexibility index (Phi) is 7.95. The highest BCUT2D eigenvalue weighted by atomic mass is 16.6. The summed E-state index contributed by atoms with van der Waals surface area (Å²) in [6.07, 6.45) is 3.27. The van der Waals surface area contributed by atoms with E-state index in [1.807, 2.05) is 13.8 Å². The number of hydrogen-bond acceptors (Lipinski definition) is 9. The molecule has 43 heavy (non-hydrogen) atoms. The number of aliphatic hydroxyl groups excluding tert-OH is 1. The van der Waals surface area contributed by atoms with Gasteiger partial charge in [-0.05, 0) is 83.0 Å². The number of hydrogen-bond donors (Lipinski definition) is 2. The Balaban J connectivity index is 1.56. The van der Waals surface area contributed by atoms with Gasteiger partial charge in [0, 0.05) is 30.6 Å². The summed E-state index contributed by atoms with van der Waals surface area (Å²) >= 11 is 0. The number of rotatable bonds is 4. The van der Waals surface area contributed by atoms with E-state index >= 15 is 0 Å². The molecule has 9 heteroatoms. The van der Waals surface area contributed by atoms with Gasteiger partial charge in [0.1, 0.15) is 23.9 Å². The third kappa shape index (κ3) is 5.05. The van der Waals surface area contributed by atoms with Crippen molar-refractivity contribution in [3.8, 4) is 0 Å². The fourth-order valence-corrected chi connectivity index (χ4v) is 10.8. The van der Waals surface area contributed by atoms with E-state index in [4.69, 9.17) is 18.9 Å². The minimum atomic E-state index is -1.14. The van der Waals surface area contributed by atoms with Gasteiger partial charge in [-0.1, -0.05) is 32.4 Å². The monoisotopic (exact) mass is 604 g/mol. The molecule has 4 fully saturated rings. The van der Waals surface area contributed by atoms with E-state index in [-0.39, 0.29) is 41.5 Å². The second kappa shape index (κ2) is 10.5. The maximum absolute atomic E-state index is 13.1. The molecule has 0 aromatic heterocycles. The Bertz CT molecular complexity index is 1180. The summed E-state index contributed by atoms with van der Waals surface area (Å²) in [4.78, 5) is 38.1. The molecule has 242 valence electrons. The molecular formula is C34H52O9. The molecule has 3 aliphatic carbocycles. The molecule has 2 saturated carbocycles. The molecule has 0 radical (unpaired) electrons. The van der Waals surface area contributed by atoms with Crippen LogP contribution in [0.5, 0.6) is 0 Å². The summed E-state index contributed by atoms with van der Waals surface area (Å²) in [5.74, 6) is -1.14. The predicted molar refractivity (Wildman–Crippen MR) is 157 cm³/mol. The first-order valence-corrected chi connectivity index (χ1v) is 16.1. The van der Waals surface area contributed by atoms with Crippen LogP contribution in [-0.2, 0) is 33.3 Å². The quantitative estimate of drug-likeness (QED) is 0.271. The zero-order chi connectivity index (χ0) is 31.9. The van der Waals surface area contributed by atoms with E-state index in [0.717, 1.165) is 19.3 Å². The van der Waals surface area contributed by atoms with Crippen molar-refractivity contribution >= 4 is 17.9 Å². The van der Waals surface area contributed by atoms with E-state index in [0.29, 0.717) is 19.4 Å². The zero-order valence-corrected chi connectivity index (χ0v) is 27.4. The molecule has 0 spiro atoms. The second-order valence-corrected chi connectivity index (χ2v) is 15.9. The molecule has 0 amide bonds. The van der Waals surface area contributed by atoms with Crippen molar-refractivity contribution in [3.63, 3.8) is 0 Å². The van der Waals surface area contributed by atoms with Crippen molar-refractivity contribution in [1.82, 2.24) is 0 Å². The Hall–Kier alpha value is -1.97. The van der Waals surface area contributed by atoms with E-state index in [1.54, 1.807) is 13.8 Å². The third-order valence-electron chi connectivity index (χ3n) is 12.4. The van der Waals surface area contributed by atoms with Crippen LogP contribution in [0.4, 0.5) is 0 Å². The SMILES string of the molecule is CC(=O)O[C@H]1C[C@@H]2C(C)(C)OC(=O)C[C@@H](OC(C)=O)[C@@]2(C)[C@@H]2CC[C@@]3(C)C(=CC[C@@H]3[C@@H]3CO[C@@H](C(C)(C)O)[C@H](O)C3)[C@@]12C. The molecule has 2 aliphatic heterocycles. The Morgan fingerprint density at radius 1 is 1.00 bits per heavy atom. The van der Waals surface area contributed by atoms with Crippen LogP contribution < -0.4 is 0 Å². The lowest BCUT2D eigenvalue weighted by atomic mass is 9.39. The summed E-state index contributed by atoms with van der Waals surface area (Å²) in [6.45, 7) is 17.1. The first-order chi connectivity index (χ1) is 19.8. The largest absolute Gasteiger partial charge is 0.462 e. The molecule has 0 aromatic carbocycles.